The van der Waals surface area contributed by atoms with Crippen molar-refractivity contribution in [3.63, 3.8) is 0 Å². The summed E-state index contributed by atoms with van der Waals surface area (Å²) >= 11 is 0. The van der Waals surface area contributed by atoms with Crippen LogP contribution in [-0.4, -0.2) is 14.9 Å². The second-order valence-corrected chi connectivity index (χ2v) is 9.06. The molecule has 0 heterocycles. The van der Waals surface area contributed by atoms with Gasteiger partial charge in [0.05, 0.1) is 6.61 Å². The van der Waals surface area contributed by atoms with E-state index < -0.39 is 8.32 Å². The lowest BCUT2D eigenvalue weighted by molar-refractivity contribution is 0.113. The van der Waals surface area contributed by atoms with Crippen LogP contribution in [0.15, 0.2) is 42.0 Å². The largest absolute Gasteiger partial charge is 0.514 e. The van der Waals surface area contributed by atoms with Gasteiger partial charge < -0.3 is 9.16 Å². The highest BCUT2D eigenvalue weighted by atomic mass is 28.4. The third kappa shape index (κ3) is 6.00. The second-order valence-electron chi connectivity index (χ2n) is 4.63. The van der Waals surface area contributed by atoms with Crippen LogP contribution in [0.3, 0.4) is 0 Å². The van der Waals surface area contributed by atoms with Crippen molar-refractivity contribution >= 4 is 14.4 Å². The highest BCUT2D eigenvalue weighted by molar-refractivity contribution is 6.69. The van der Waals surface area contributed by atoms with Gasteiger partial charge in [-0.3, -0.25) is 0 Å². The van der Waals surface area contributed by atoms with E-state index in [1.165, 1.54) is 0 Å². The summed E-state index contributed by atoms with van der Waals surface area (Å²) in [5.74, 6) is 0.496. The van der Waals surface area contributed by atoms with Crippen LogP contribution >= 0.6 is 0 Å². The van der Waals surface area contributed by atoms with Gasteiger partial charge in [-0.15, -0.1) is 0 Å². The molecule has 92 valence electrons. The Labute approximate surface area is 105 Å². The Morgan fingerprint density at radius 2 is 1.88 bits per heavy atom. The minimum Gasteiger partial charge on any atom is -0.514 e. The van der Waals surface area contributed by atoms with Crippen LogP contribution in [0.25, 0.3) is 6.08 Å². The molecule has 0 N–H and O–H groups in total. The molecule has 1 aromatic rings. The fourth-order valence-corrected chi connectivity index (χ4v) is 1.88. The fourth-order valence-electron chi connectivity index (χ4n) is 1.20. The van der Waals surface area contributed by atoms with Gasteiger partial charge in [-0.25, -0.2) is 0 Å². The summed E-state index contributed by atoms with van der Waals surface area (Å²) in [6, 6.07) is 10.0. The monoisotopic (exact) mass is 248 g/mol. The lowest BCUT2D eigenvalue weighted by atomic mass is 10.2. The molecule has 0 unspecified atom stereocenters. The van der Waals surface area contributed by atoms with Crippen molar-refractivity contribution in [1.82, 2.24) is 0 Å². The van der Waals surface area contributed by atoms with E-state index >= 15 is 0 Å². The molecule has 0 saturated carbocycles. The molecular formula is C14H20O2Si. The summed E-state index contributed by atoms with van der Waals surface area (Å²) in [6.45, 7) is 8.90. The van der Waals surface area contributed by atoms with Crippen molar-refractivity contribution in [2.45, 2.75) is 26.6 Å². The average molecular weight is 248 g/mol. The number of benzene rings is 1. The molecule has 0 saturated heterocycles. The van der Waals surface area contributed by atoms with Crippen LogP contribution in [0.2, 0.25) is 19.6 Å². The first kappa shape index (κ1) is 13.6. The van der Waals surface area contributed by atoms with E-state index in [1.807, 2.05) is 43.3 Å². The zero-order chi connectivity index (χ0) is 12.7. The molecule has 3 heteroatoms. The standard InChI is InChI=1S/C14H20O2Si/c1-5-15-14(16-17(2,3)4)12-11-13-9-7-6-8-10-13/h6-11H,5H2,1-4H3. The third-order valence-corrected chi connectivity index (χ3v) is 2.63. The Kier molecular flexibility index (Phi) is 5.07. The quantitative estimate of drug-likeness (QED) is 0.445. The number of hydrogen-bond donors (Lipinski definition) is 0. The van der Waals surface area contributed by atoms with E-state index in [4.69, 9.17) is 9.16 Å². The molecule has 0 bridgehead atoms. The van der Waals surface area contributed by atoms with Crippen LogP contribution in [0.5, 0.6) is 0 Å². The second kappa shape index (κ2) is 6.33. The summed E-state index contributed by atoms with van der Waals surface area (Å²) in [5.41, 5.74) is 4.16. The van der Waals surface area contributed by atoms with Crippen molar-refractivity contribution in [3.8, 4) is 0 Å². The Hall–Kier alpha value is -1.44. The first-order valence-electron chi connectivity index (χ1n) is 5.85. The summed E-state index contributed by atoms with van der Waals surface area (Å²) in [7, 11) is -1.64. The molecule has 0 spiro atoms. The van der Waals surface area contributed by atoms with E-state index in [0.29, 0.717) is 12.6 Å². The zero-order valence-electron chi connectivity index (χ0n) is 11.0. The predicted molar refractivity (Wildman–Crippen MR) is 74.0 cm³/mol. The maximum atomic E-state index is 5.79. The molecule has 0 aromatic heterocycles. The van der Waals surface area contributed by atoms with Gasteiger partial charge >= 0.3 is 5.95 Å². The van der Waals surface area contributed by atoms with Gasteiger partial charge in [0.15, 0.2) is 0 Å². The molecule has 0 aliphatic rings. The highest BCUT2D eigenvalue weighted by Gasteiger charge is 2.18. The summed E-state index contributed by atoms with van der Waals surface area (Å²) in [6.07, 6.45) is 1.88. The third-order valence-electron chi connectivity index (χ3n) is 1.83. The van der Waals surface area contributed by atoms with Crippen molar-refractivity contribution < 1.29 is 9.16 Å². The topological polar surface area (TPSA) is 18.5 Å². The normalized spacial score (nSPS) is 10.4. The van der Waals surface area contributed by atoms with Crippen LogP contribution in [-0.2, 0) is 9.16 Å². The summed E-state index contributed by atoms with van der Waals surface area (Å²) in [5, 5.41) is 0. The van der Waals surface area contributed by atoms with Gasteiger partial charge in [0.25, 0.3) is 0 Å². The Balaban J connectivity index is 2.86. The van der Waals surface area contributed by atoms with Crippen LogP contribution in [0.1, 0.15) is 12.5 Å². The van der Waals surface area contributed by atoms with E-state index in [9.17, 15) is 0 Å². The predicted octanol–water partition coefficient (Wildman–Crippen LogP) is 4.03. The highest BCUT2D eigenvalue weighted by Crippen LogP contribution is 2.11. The van der Waals surface area contributed by atoms with Crippen molar-refractivity contribution in [2.24, 2.45) is 0 Å². The Bertz CT molecular complexity index is 398. The smallest absolute Gasteiger partial charge is 0.313 e. The minimum absolute atomic E-state index is 0.496. The molecule has 0 atom stereocenters. The van der Waals surface area contributed by atoms with E-state index in [-0.39, 0.29) is 0 Å². The summed E-state index contributed by atoms with van der Waals surface area (Å²) < 4.78 is 11.2. The van der Waals surface area contributed by atoms with Crippen molar-refractivity contribution in [1.29, 1.82) is 0 Å². The molecule has 17 heavy (non-hydrogen) atoms. The van der Waals surface area contributed by atoms with Gasteiger partial charge in [-0.1, -0.05) is 30.3 Å². The van der Waals surface area contributed by atoms with Gasteiger partial charge in [0.1, 0.15) is 0 Å². The lowest BCUT2D eigenvalue weighted by Gasteiger charge is -2.19. The van der Waals surface area contributed by atoms with E-state index in [1.54, 1.807) is 0 Å². The maximum Gasteiger partial charge on any atom is 0.313 e. The molecule has 0 fully saturated rings. The first-order chi connectivity index (χ1) is 8.01. The molecule has 0 amide bonds. The first-order valence-corrected chi connectivity index (χ1v) is 9.25. The lowest BCUT2D eigenvalue weighted by Crippen LogP contribution is -2.25. The maximum absolute atomic E-state index is 5.79. The van der Waals surface area contributed by atoms with Gasteiger partial charge in [-0.2, -0.15) is 0 Å². The van der Waals surface area contributed by atoms with Gasteiger partial charge in [0, 0.05) is 0 Å². The average Bonchev–Trinajstić information content (AvgIpc) is 2.26. The van der Waals surface area contributed by atoms with Gasteiger partial charge in [-0.05, 0) is 43.9 Å². The molecule has 0 aliphatic carbocycles. The number of rotatable bonds is 5. The molecule has 1 rings (SSSR count). The molecule has 1 aromatic carbocycles. The fraction of sp³-hybridized carbons (Fsp3) is 0.357. The van der Waals surface area contributed by atoms with Crippen LogP contribution in [0.4, 0.5) is 0 Å². The Morgan fingerprint density at radius 1 is 1.24 bits per heavy atom. The van der Waals surface area contributed by atoms with Crippen LogP contribution in [0, 0.1) is 0 Å². The number of ether oxygens (including phenoxy) is 1. The summed E-state index contributed by atoms with van der Waals surface area (Å²) in [4.78, 5) is 0. The SMILES string of the molecule is CCOC(=C=Cc1ccccc1)O[Si](C)(C)C. The minimum atomic E-state index is -1.64. The van der Waals surface area contributed by atoms with Crippen molar-refractivity contribution in [3.05, 3.63) is 47.6 Å². The van der Waals surface area contributed by atoms with Gasteiger partial charge in [0.2, 0.25) is 8.32 Å². The molecule has 2 nitrogen and oxygen atoms in total. The number of hydrogen-bond acceptors (Lipinski definition) is 2. The van der Waals surface area contributed by atoms with Crippen molar-refractivity contribution in [2.75, 3.05) is 6.61 Å². The Morgan fingerprint density at radius 3 is 2.41 bits per heavy atom. The molecule has 0 radical (unpaired) electrons. The van der Waals surface area contributed by atoms with E-state index in [0.717, 1.165) is 5.56 Å². The molecule has 0 aliphatic heterocycles. The van der Waals surface area contributed by atoms with E-state index in [2.05, 4.69) is 25.4 Å². The zero-order valence-corrected chi connectivity index (χ0v) is 12.0. The molecular weight excluding hydrogens is 228 g/mol. The van der Waals surface area contributed by atoms with Crippen LogP contribution < -0.4 is 0 Å².